The summed E-state index contributed by atoms with van der Waals surface area (Å²) in [6, 6.07) is 7.31. The van der Waals surface area contributed by atoms with Gasteiger partial charge in [0, 0.05) is 23.6 Å². The van der Waals surface area contributed by atoms with Crippen molar-refractivity contribution in [2.45, 2.75) is 33.1 Å². The molecule has 0 spiro atoms. The summed E-state index contributed by atoms with van der Waals surface area (Å²) in [7, 11) is 0. The first-order valence-electron chi connectivity index (χ1n) is 8.24. The van der Waals surface area contributed by atoms with Gasteiger partial charge in [0.15, 0.2) is 0 Å². The summed E-state index contributed by atoms with van der Waals surface area (Å²) in [5.74, 6) is 1.61. The Bertz CT molecular complexity index is 833. The Balaban J connectivity index is 1.58. The van der Waals surface area contributed by atoms with Crippen LogP contribution >= 0.6 is 11.6 Å². The van der Waals surface area contributed by atoms with E-state index in [9.17, 15) is 0 Å². The third-order valence-corrected chi connectivity index (χ3v) is 3.95. The van der Waals surface area contributed by atoms with Crippen molar-refractivity contribution < 1.29 is 4.52 Å². The molecule has 1 aromatic carbocycles. The van der Waals surface area contributed by atoms with E-state index in [4.69, 9.17) is 16.1 Å². The maximum Gasteiger partial charge on any atom is 0.242 e. The topological polar surface area (TPSA) is 89.6 Å². The van der Waals surface area contributed by atoms with Crippen LogP contribution in [0.3, 0.4) is 0 Å². The molecule has 2 aromatic heterocycles. The lowest BCUT2D eigenvalue weighted by molar-refractivity contribution is 0.381. The van der Waals surface area contributed by atoms with Crippen molar-refractivity contribution >= 4 is 17.5 Å². The van der Waals surface area contributed by atoms with Gasteiger partial charge in [0.1, 0.15) is 0 Å². The number of anilines is 1. The highest BCUT2D eigenvalue weighted by Crippen LogP contribution is 2.18. The van der Waals surface area contributed by atoms with Crippen molar-refractivity contribution in [3.05, 3.63) is 46.6 Å². The van der Waals surface area contributed by atoms with Crippen molar-refractivity contribution in [3.63, 3.8) is 0 Å². The molecule has 0 saturated heterocycles. The molecule has 8 heteroatoms. The third-order valence-electron chi connectivity index (χ3n) is 3.70. The van der Waals surface area contributed by atoms with Crippen LogP contribution in [0.15, 0.2) is 28.8 Å². The lowest BCUT2D eigenvalue weighted by atomic mass is 10.2. The fourth-order valence-electron chi connectivity index (χ4n) is 2.37. The van der Waals surface area contributed by atoms with E-state index in [0.717, 1.165) is 29.8 Å². The van der Waals surface area contributed by atoms with Crippen LogP contribution in [-0.2, 0) is 19.3 Å². The lowest BCUT2D eigenvalue weighted by Crippen LogP contribution is -2.12. The number of aromatic nitrogens is 5. The molecule has 0 bridgehead atoms. The fraction of sp³-hybridized carbons (Fsp3) is 0.353. The number of nitrogens with zero attached hydrogens (tertiary/aromatic N) is 5. The maximum atomic E-state index is 5.88. The van der Waals surface area contributed by atoms with Crippen LogP contribution in [0.25, 0.3) is 11.4 Å². The Labute approximate surface area is 150 Å². The van der Waals surface area contributed by atoms with Crippen molar-refractivity contribution in [1.82, 2.24) is 25.3 Å². The molecule has 1 N–H and O–H groups in total. The highest BCUT2D eigenvalue weighted by Gasteiger charge is 2.09. The molecule has 0 unspecified atom stereocenters. The van der Waals surface area contributed by atoms with Crippen molar-refractivity contribution in [3.8, 4) is 11.4 Å². The largest absolute Gasteiger partial charge is 0.352 e. The van der Waals surface area contributed by atoms with E-state index in [2.05, 4.69) is 37.6 Å². The normalized spacial score (nSPS) is 10.8. The van der Waals surface area contributed by atoms with Gasteiger partial charge in [-0.25, -0.2) is 4.98 Å². The van der Waals surface area contributed by atoms with Gasteiger partial charge >= 0.3 is 0 Å². The van der Waals surface area contributed by atoms with Gasteiger partial charge < -0.3 is 9.84 Å². The first-order chi connectivity index (χ1) is 12.2. The quantitative estimate of drug-likeness (QED) is 0.692. The number of hydrogen-bond donors (Lipinski definition) is 1. The Hall–Kier alpha value is -2.54. The second-order valence-corrected chi connectivity index (χ2v) is 5.87. The van der Waals surface area contributed by atoms with Gasteiger partial charge in [-0.3, -0.25) is 0 Å². The number of nitrogens with one attached hydrogen (secondary N) is 1. The van der Waals surface area contributed by atoms with Crippen molar-refractivity contribution in [2.24, 2.45) is 0 Å². The SMILES string of the molecule is CCc1nnc(NCCc2nc(-c3ccc(Cl)cc3)no2)nc1CC. The third kappa shape index (κ3) is 4.30. The lowest BCUT2D eigenvalue weighted by Gasteiger charge is -2.06. The van der Waals surface area contributed by atoms with Crippen LogP contribution in [0.5, 0.6) is 0 Å². The minimum atomic E-state index is 0.520. The zero-order valence-corrected chi connectivity index (χ0v) is 14.9. The minimum absolute atomic E-state index is 0.520. The number of halogens is 1. The zero-order chi connectivity index (χ0) is 17.6. The van der Waals surface area contributed by atoms with Gasteiger partial charge in [-0.15, -0.1) is 5.10 Å². The Morgan fingerprint density at radius 1 is 1.00 bits per heavy atom. The van der Waals surface area contributed by atoms with E-state index in [0.29, 0.717) is 35.7 Å². The number of benzene rings is 1. The predicted octanol–water partition coefficient (Wildman–Crippen LogP) is 3.35. The second-order valence-electron chi connectivity index (χ2n) is 5.43. The summed E-state index contributed by atoms with van der Waals surface area (Å²) in [6.07, 6.45) is 2.24. The maximum absolute atomic E-state index is 5.88. The first kappa shape index (κ1) is 17.3. The standard InChI is InChI=1S/C17H19ClN6O/c1-3-13-14(4-2)22-23-17(20-13)19-10-9-15-21-16(24-25-15)11-5-7-12(18)8-6-11/h5-8H,3-4,9-10H2,1-2H3,(H,19,20,23). The molecule has 3 aromatic rings. The summed E-state index contributed by atoms with van der Waals surface area (Å²) in [4.78, 5) is 8.88. The van der Waals surface area contributed by atoms with Gasteiger partial charge in [0.25, 0.3) is 0 Å². The van der Waals surface area contributed by atoms with Gasteiger partial charge in [-0.1, -0.05) is 30.6 Å². The molecule has 0 aliphatic carbocycles. The van der Waals surface area contributed by atoms with E-state index in [1.807, 2.05) is 19.1 Å². The van der Waals surface area contributed by atoms with E-state index in [1.165, 1.54) is 0 Å². The summed E-state index contributed by atoms with van der Waals surface area (Å²) < 4.78 is 5.28. The van der Waals surface area contributed by atoms with Gasteiger partial charge in [0.2, 0.25) is 17.7 Å². The Morgan fingerprint density at radius 3 is 2.48 bits per heavy atom. The molecule has 0 radical (unpaired) electrons. The van der Waals surface area contributed by atoms with Gasteiger partial charge in [-0.2, -0.15) is 10.1 Å². The zero-order valence-electron chi connectivity index (χ0n) is 14.2. The van der Waals surface area contributed by atoms with E-state index in [1.54, 1.807) is 12.1 Å². The molecule has 7 nitrogen and oxygen atoms in total. The highest BCUT2D eigenvalue weighted by atomic mass is 35.5. The molecule has 0 aliphatic rings. The monoisotopic (exact) mass is 358 g/mol. The second kappa shape index (κ2) is 8.02. The Kier molecular flexibility index (Phi) is 5.55. The van der Waals surface area contributed by atoms with Gasteiger partial charge in [0.05, 0.1) is 11.4 Å². The smallest absolute Gasteiger partial charge is 0.242 e. The summed E-state index contributed by atoms with van der Waals surface area (Å²) in [5, 5.41) is 16.1. The molecule has 0 atom stereocenters. The molecule has 130 valence electrons. The summed E-state index contributed by atoms with van der Waals surface area (Å²) in [5.41, 5.74) is 2.78. The van der Waals surface area contributed by atoms with Crippen LogP contribution < -0.4 is 5.32 Å². The molecule has 25 heavy (non-hydrogen) atoms. The molecule has 0 aliphatic heterocycles. The summed E-state index contributed by atoms with van der Waals surface area (Å²) in [6.45, 7) is 4.69. The van der Waals surface area contributed by atoms with Crippen molar-refractivity contribution in [1.29, 1.82) is 0 Å². The fourth-order valence-corrected chi connectivity index (χ4v) is 2.49. The molecule has 3 rings (SSSR count). The molecule has 0 amide bonds. The predicted molar refractivity (Wildman–Crippen MR) is 95.5 cm³/mol. The molecular formula is C17H19ClN6O. The van der Waals surface area contributed by atoms with Crippen LogP contribution in [0.1, 0.15) is 31.1 Å². The molecule has 2 heterocycles. The van der Waals surface area contributed by atoms with Crippen LogP contribution in [0.2, 0.25) is 5.02 Å². The average Bonchev–Trinajstić information content (AvgIpc) is 3.11. The van der Waals surface area contributed by atoms with E-state index < -0.39 is 0 Å². The molecule has 0 saturated carbocycles. The van der Waals surface area contributed by atoms with Crippen LogP contribution in [0, 0.1) is 0 Å². The average molecular weight is 359 g/mol. The molecule has 0 fully saturated rings. The number of rotatable bonds is 7. The first-order valence-corrected chi connectivity index (χ1v) is 8.62. The van der Waals surface area contributed by atoms with Gasteiger partial charge in [-0.05, 0) is 37.1 Å². The van der Waals surface area contributed by atoms with Crippen LogP contribution in [-0.4, -0.2) is 31.9 Å². The number of hydrogen-bond acceptors (Lipinski definition) is 7. The Morgan fingerprint density at radius 2 is 1.76 bits per heavy atom. The van der Waals surface area contributed by atoms with E-state index in [-0.39, 0.29) is 0 Å². The molecular weight excluding hydrogens is 340 g/mol. The highest BCUT2D eigenvalue weighted by molar-refractivity contribution is 6.30. The minimum Gasteiger partial charge on any atom is -0.352 e. The summed E-state index contributed by atoms with van der Waals surface area (Å²) >= 11 is 5.88. The van der Waals surface area contributed by atoms with Crippen LogP contribution in [0.4, 0.5) is 5.95 Å². The number of aryl methyl sites for hydroxylation is 2. The van der Waals surface area contributed by atoms with E-state index >= 15 is 0 Å². The van der Waals surface area contributed by atoms with Crippen molar-refractivity contribution in [2.75, 3.05) is 11.9 Å².